The number of esters is 1. The zero-order chi connectivity index (χ0) is 11.3. The number of carbonyl (C=O) groups excluding carboxylic acids is 1. The summed E-state index contributed by atoms with van der Waals surface area (Å²) in [4.78, 5) is 11.1. The number of carbonyl (C=O) groups is 1. The molecule has 0 unspecified atom stereocenters. The number of methoxy groups -OCH3 is 1. The van der Waals surface area contributed by atoms with Gasteiger partial charge in [-0.1, -0.05) is 18.2 Å². The number of rotatable bonds is 3. The van der Waals surface area contributed by atoms with Crippen molar-refractivity contribution in [2.24, 2.45) is 0 Å². The number of ether oxygens (including phenoxy) is 1. The van der Waals surface area contributed by atoms with Crippen LogP contribution in [0.5, 0.6) is 0 Å². The van der Waals surface area contributed by atoms with Crippen LogP contribution in [0, 0.1) is 5.82 Å². The third-order valence-electron chi connectivity index (χ3n) is 1.81. The summed E-state index contributed by atoms with van der Waals surface area (Å²) in [6.45, 7) is -0.106. The molecule has 0 atom stereocenters. The van der Waals surface area contributed by atoms with Crippen LogP contribution >= 0.6 is 0 Å². The summed E-state index contributed by atoms with van der Waals surface area (Å²) in [7, 11) is 1.19. The van der Waals surface area contributed by atoms with Crippen LogP contribution in [0.15, 0.2) is 24.3 Å². The molecule has 0 bridgehead atoms. The van der Waals surface area contributed by atoms with E-state index in [1.54, 1.807) is 6.08 Å². The highest BCUT2D eigenvalue weighted by Gasteiger charge is 2.11. The topological polar surface area (TPSA) is 46.5 Å². The molecule has 0 amide bonds. The van der Waals surface area contributed by atoms with E-state index in [1.807, 2.05) is 0 Å². The van der Waals surface area contributed by atoms with Crippen molar-refractivity contribution in [2.75, 3.05) is 13.7 Å². The number of aliphatic hydroxyl groups is 1. The van der Waals surface area contributed by atoms with Crippen LogP contribution < -0.4 is 0 Å². The van der Waals surface area contributed by atoms with Gasteiger partial charge in [0.25, 0.3) is 0 Å². The highest BCUT2D eigenvalue weighted by molar-refractivity contribution is 5.90. The van der Waals surface area contributed by atoms with Crippen molar-refractivity contribution in [3.05, 3.63) is 41.2 Å². The molecule has 0 aliphatic rings. The largest absolute Gasteiger partial charge is 0.465 e. The smallest absolute Gasteiger partial charge is 0.340 e. The lowest BCUT2D eigenvalue weighted by molar-refractivity contribution is 0.0595. The van der Waals surface area contributed by atoms with Gasteiger partial charge in [0, 0.05) is 0 Å². The third kappa shape index (κ3) is 2.89. The summed E-state index contributed by atoms with van der Waals surface area (Å²) in [5.74, 6) is -1.34. The first-order valence-corrected chi connectivity index (χ1v) is 4.34. The third-order valence-corrected chi connectivity index (χ3v) is 1.81. The number of halogens is 1. The lowest BCUT2D eigenvalue weighted by atomic mass is 10.1. The van der Waals surface area contributed by atoms with Gasteiger partial charge in [0.1, 0.15) is 5.82 Å². The Morgan fingerprint density at radius 2 is 2.33 bits per heavy atom. The Hall–Kier alpha value is -1.68. The number of benzene rings is 1. The molecule has 15 heavy (non-hydrogen) atoms. The SMILES string of the molecule is COC(=O)c1cc(C=CCO)ccc1F. The molecular weight excluding hydrogens is 199 g/mol. The van der Waals surface area contributed by atoms with Gasteiger partial charge in [0.15, 0.2) is 0 Å². The van der Waals surface area contributed by atoms with E-state index in [-0.39, 0.29) is 12.2 Å². The zero-order valence-electron chi connectivity index (χ0n) is 8.24. The van der Waals surface area contributed by atoms with Gasteiger partial charge in [-0.3, -0.25) is 0 Å². The molecule has 3 nitrogen and oxygen atoms in total. The van der Waals surface area contributed by atoms with Gasteiger partial charge >= 0.3 is 5.97 Å². The van der Waals surface area contributed by atoms with Crippen molar-refractivity contribution < 1.29 is 19.0 Å². The molecule has 0 saturated heterocycles. The first-order chi connectivity index (χ1) is 7.19. The molecule has 0 aromatic heterocycles. The molecule has 80 valence electrons. The second-order valence-corrected chi connectivity index (χ2v) is 2.82. The quantitative estimate of drug-likeness (QED) is 0.771. The van der Waals surface area contributed by atoms with Gasteiger partial charge in [0.2, 0.25) is 0 Å². The summed E-state index contributed by atoms with van der Waals surface area (Å²) in [5.41, 5.74) is 0.517. The van der Waals surface area contributed by atoms with Crippen molar-refractivity contribution in [1.29, 1.82) is 0 Å². The van der Waals surface area contributed by atoms with E-state index in [0.717, 1.165) is 0 Å². The molecule has 0 saturated carbocycles. The molecule has 4 heteroatoms. The van der Waals surface area contributed by atoms with E-state index in [2.05, 4.69) is 4.74 Å². The van der Waals surface area contributed by atoms with E-state index in [4.69, 9.17) is 5.11 Å². The summed E-state index contributed by atoms with van der Waals surface area (Å²) in [6.07, 6.45) is 3.08. The van der Waals surface area contributed by atoms with Crippen LogP contribution in [-0.4, -0.2) is 24.8 Å². The molecule has 1 aromatic carbocycles. The second-order valence-electron chi connectivity index (χ2n) is 2.82. The predicted octanol–water partition coefficient (Wildman–Crippen LogP) is 1.62. The number of aliphatic hydroxyl groups excluding tert-OH is 1. The molecule has 0 spiro atoms. The van der Waals surface area contributed by atoms with Gasteiger partial charge in [-0.25, -0.2) is 9.18 Å². The average molecular weight is 210 g/mol. The van der Waals surface area contributed by atoms with Gasteiger partial charge in [0.05, 0.1) is 19.3 Å². The number of hydrogen-bond donors (Lipinski definition) is 1. The second kappa shape index (κ2) is 5.26. The Bertz CT molecular complexity index is 385. The summed E-state index contributed by atoms with van der Waals surface area (Å²) >= 11 is 0. The van der Waals surface area contributed by atoms with E-state index in [1.165, 1.54) is 31.4 Å². The van der Waals surface area contributed by atoms with E-state index in [9.17, 15) is 9.18 Å². The first-order valence-electron chi connectivity index (χ1n) is 4.34. The fourth-order valence-electron chi connectivity index (χ4n) is 1.10. The monoisotopic (exact) mass is 210 g/mol. The average Bonchev–Trinajstić information content (AvgIpc) is 2.27. The highest BCUT2D eigenvalue weighted by atomic mass is 19.1. The molecular formula is C11H11FO3. The van der Waals surface area contributed by atoms with Crippen LogP contribution in [0.25, 0.3) is 6.08 Å². The molecule has 1 N–H and O–H groups in total. The van der Waals surface area contributed by atoms with Gasteiger partial charge in [-0.2, -0.15) is 0 Å². The standard InChI is InChI=1S/C11H11FO3/c1-15-11(14)9-7-8(3-2-6-13)4-5-10(9)12/h2-5,7,13H,6H2,1H3. The Labute approximate surface area is 86.8 Å². The van der Waals surface area contributed by atoms with E-state index in [0.29, 0.717) is 5.56 Å². The minimum Gasteiger partial charge on any atom is -0.465 e. The van der Waals surface area contributed by atoms with Crippen molar-refractivity contribution in [2.45, 2.75) is 0 Å². The minimum absolute atomic E-state index is 0.106. The Morgan fingerprint density at radius 1 is 1.60 bits per heavy atom. The van der Waals surface area contributed by atoms with Gasteiger partial charge in [-0.15, -0.1) is 0 Å². The maximum atomic E-state index is 13.2. The predicted molar refractivity (Wildman–Crippen MR) is 53.9 cm³/mol. The Balaban J connectivity index is 3.05. The minimum atomic E-state index is -0.716. The summed E-state index contributed by atoms with van der Waals surface area (Å²) in [5, 5.41) is 8.55. The Kier molecular flexibility index (Phi) is 4.00. The number of hydrogen-bond acceptors (Lipinski definition) is 3. The molecule has 1 rings (SSSR count). The van der Waals surface area contributed by atoms with Crippen molar-refractivity contribution in [3.63, 3.8) is 0 Å². The van der Waals surface area contributed by atoms with Crippen LogP contribution in [0.2, 0.25) is 0 Å². The highest BCUT2D eigenvalue weighted by Crippen LogP contribution is 2.12. The van der Waals surface area contributed by atoms with Crippen LogP contribution in [-0.2, 0) is 4.74 Å². The molecule has 0 aliphatic heterocycles. The molecule has 0 aliphatic carbocycles. The Morgan fingerprint density at radius 3 is 2.93 bits per heavy atom. The maximum Gasteiger partial charge on any atom is 0.340 e. The van der Waals surface area contributed by atoms with Crippen LogP contribution in [0.1, 0.15) is 15.9 Å². The fraction of sp³-hybridized carbons (Fsp3) is 0.182. The van der Waals surface area contributed by atoms with Crippen molar-refractivity contribution in [1.82, 2.24) is 0 Å². The normalized spacial score (nSPS) is 10.6. The fourth-order valence-corrected chi connectivity index (χ4v) is 1.10. The van der Waals surface area contributed by atoms with Crippen LogP contribution in [0.4, 0.5) is 4.39 Å². The van der Waals surface area contributed by atoms with Crippen molar-refractivity contribution in [3.8, 4) is 0 Å². The van der Waals surface area contributed by atoms with Gasteiger partial charge < -0.3 is 9.84 Å². The lowest BCUT2D eigenvalue weighted by Gasteiger charge is -2.02. The zero-order valence-corrected chi connectivity index (χ0v) is 8.24. The molecule has 0 heterocycles. The molecule has 1 aromatic rings. The summed E-state index contributed by atoms with van der Waals surface area (Å²) < 4.78 is 17.6. The van der Waals surface area contributed by atoms with E-state index < -0.39 is 11.8 Å². The molecule has 0 fully saturated rings. The van der Waals surface area contributed by atoms with E-state index >= 15 is 0 Å². The lowest BCUT2D eigenvalue weighted by Crippen LogP contribution is -2.04. The van der Waals surface area contributed by atoms with Crippen LogP contribution in [0.3, 0.4) is 0 Å². The molecule has 0 radical (unpaired) electrons. The maximum absolute atomic E-state index is 13.2. The van der Waals surface area contributed by atoms with Gasteiger partial charge in [-0.05, 0) is 17.7 Å². The first kappa shape index (κ1) is 11.4. The summed E-state index contributed by atoms with van der Waals surface area (Å²) in [6, 6.07) is 4.06. The van der Waals surface area contributed by atoms with Crippen molar-refractivity contribution >= 4 is 12.0 Å².